The molecule has 7 heteroatoms. The molecule has 1 N–H and O–H groups in total. The molecule has 108 valence electrons. The molecule has 1 rings (SSSR count). The summed E-state index contributed by atoms with van der Waals surface area (Å²) in [5.41, 5.74) is -1.41. The van der Waals surface area contributed by atoms with Crippen molar-refractivity contribution in [2.75, 3.05) is 0 Å². The van der Waals surface area contributed by atoms with Crippen molar-refractivity contribution in [3.63, 3.8) is 0 Å². The summed E-state index contributed by atoms with van der Waals surface area (Å²) >= 11 is 0. The summed E-state index contributed by atoms with van der Waals surface area (Å²) in [7, 11) is -2.05. The second-order valence-corrected chi connectivity index (χ2v) is 11.2. The van der Waals surface area contributed by atoms with Gasteiger partial charge in [-0.2, -0.15) is 13.2 Å². The van der Waals surface area contributed by atoms with E-state index in [1.54, 1.807) is 6.07 Å². The van der Waals surface area contributed by atoms with Crippen LogP contribution in [0.25, 0.3) is 0 Å². The molecule has 0 saturated carbocycles. The van der Waals surface area contributed by atoms with Crippen LogP contribution in [0, 0.1) is 0 Å². The zero-order chi connectivity index (χ0) is 15.1. The molecule has 3 nitrogen and oxygen atoms in total. The Morgan fingerprint density at radius 1 is 1.21 bits per heavy atom. The van der Waals surface area contributed by atoms with Gasteiger partial charge in [0.2, 0.25) is 5.71 Å². The van der Waals surface area contributed by atoms with E-state index in [2.05, 4.69) is 5.16 Å². The van der Waals surface area contributed by atoms with E-state index in [-0.39, 0.29) is 5.04 Å². The lowest BCUT2D eigenvalue weighted by Gasteiger charge is -2.34. The van der Waals surface area contributed by atoms with Gasteiger partial charge >= 0.3 is 6.18 Å². The summed E-state index contributed by atoms with van der Waals surface area (Å²) in [6.07, 6.45) is -4.74. The minimum absolute atomic E-state index is 0.0587. The Bertz CT molecular complexity index is 484. The molecular formula is C12H18F3NO2Si. The lowest BCUT2D eigenvalue weighted by Crippen LogP contribution is -2.48. The predicted octanol–water partition coefficient (Wildman–Crippen LogP) is 3.74. The number of nitrogens with zero attached hydrogens (tertiary/aromatic N) is 1. The Hall–Kier alpha value is -1.24. The summed E-state index contributed by atoms with van der Waals surface area (Å²) in [5.74, 6) is -0.449. The average molecular weight is 293 g/mol. The van der Waals surface area contributed by atoms with Crippen LogP contribution in [0.5, 0.6) is 0 Å². The van der Waals surface area contributed by atoms with Crippen LogP contribution < -0.4 is 5.38 Å². The molecule has 0 atom stereocenters. The molecule has 0 radical (unpaired) electrons. The van der Waals surface area contributed by atoms with Crippen molar-refractivity contribution < 1.29 is 22.8 Å². The van der Waals surface area contributed by atoms with Crippen LogP contribution in [0.1, 0.15) is 26.5 Å². The Morgan fingerprint density at radius 2 is 1.74 bits per heavy atom. The molecule has 0 fully saturated rings. The highest BCUT2D eigenvalue weighted by Crippen LogP contribution is 2.36. The van der Waals surface area contributed by atoms with E-state index in [1.165, 1.54) is 6.07 Å². The van der Waals surface area contributed by atoms with Crippen molar-refractivity contribution in [3.8, 4) is 0 Å². The van der Waals surface area contributed by atoms with Crippen molar-refractivity contribution in [3.05, 3.63) is 17.9 Å². The van der Waals surface area contributed by atoms with E-state index in [0.29, 0.717) is 5.38 Å². The first kappa shape index (κ1) is 15.8. The predicted molar refractivity (Wildman–Crippen MR) is 69.9 cm³/mol. The lowest BCUT2D eigenvalue weighted by molar-refractivity contribution is -0.0609. The average Bonchev–Trinajstić information content (AvgIpc) is 2.64. The molecule has 0 unspecified atom stereocenters. The van der Waals surface area contributed by atoms with Gasteiger partial charge in [0.05, 0.1) is 5.38 Å². The molecule has 1 heterocycles. The molecule has 0 aromatic carbocycles. The minimum atomic E-state index is -4.74. The van der Waals surface area contributed by atoms with Gasteiger partial charge in [0.1, 0.15) is 8.07 Å². The number of hydrogen-bond acceptors (Lipinski definition) is 3. The van der Waals surface area contributed by atoms with E-state index >= 15 is 0 Å². The molecule has 0 spiro atoms. The van der Waals surface area contributed by atoms with Gasteiger partial charge in [-0.1, -0.05) is 39.0 Å². The fourth-order valence-corrected chi connectivity index (χ4v) is 3.02. The Kier molecular flexibility index (Phi) is 3.91. The van der Waals surface area contributed by atoms with Gasteiger partial charge in [0, 0.05) is 0 Å². The molecular weight excluding hydrogens is 275 g/mol. The fourth-order valence-electron chi connectivity index (χ4n) is 1.42. The third kappa shape index (κ3) is 3.02. The maximum atomic E-state index is 12.6. The third-order valence-electron chi connectivity index (χ3n) is 3.70. The monoisotopic (exact) mass is 293 g/mol. The lowest BCUT2D eigenvalue weighted by atomic mass is 10.2. The first-order chi connectivity index (χ1) is 8.41. The van der Waals surface area contributed by atoms with Crippen molar-refractivity contribution in [2.24, 2.45) is 5.16 Å². The molecule has 1 aromatic rings. The third-order valence-corrected chi connectivity index (χ3v) is 8.95. The van der Waals surface area contributed by atoms with Gasteiger partial charge in [0.15, 0.2) is 5.76 Å². The fraction of sp³-hybridized carbons (Fsp3) is 0.583. The van der Waals surface area contributed by atoms with Crippen LogP contribution in [0.4, 0.5) is 13.2 Å². The number of hydrogen-bond donors (Lipinski definition) is 1. The van der Waals surface area contributed by atoms with Gasteiger partial charge in [-0.25, -0.2) is 0 Å². The normalized spacial score (nSPS) is 14.8. The first-order valence-electron chi connectivity index (χ1n) is 5.81. The van der Waals surface area contributed by atoms with Crippen molar-refractivity contribution >= 4 is 19.2 Å². The van der Waals surface area contributed by atoms with Gasteiger partial charge in [0.25, 0.3) is 0 Å². The van der Waals surface area contributed by atoms with Crippen molar-refractivity contribution in [1.82, 2.24) is 0 Å². The van der Waals surface area contributed by atoms with Crippen molar-refractivity contribution in [2.45, 2.75) is 45.1 Å². The number of rotatable bonds is 2. The zero-order valence-electron chi connectivity index (χ0n) is 11.6. The van der Waals surface area contributed by atoms with Crippen LogP contribution in [-0.4, -0.2) is 25.2 Å². The highest BCUT2D eigenvalue weighted by atomic mass is 28.3. The standard InChI is InChI=1S/C12H18F3NO2Si/c1-11(2,3)19(4,5)9-7-6-8(18-9)10(16-17)12(13,14)15/h6-7,17H,1-5H3/b16-10+. The topological polar surface area (TPSA) is 45.7 Å². The molecule has 0 aliphatic carbocycles. The molecule has 0 aliphatic rings. The second kappa shape index (κ2) is 4.70. The molecule has 1 aromatic heterocycles. The largest absolute Gasteiger partial charge is 0.464 e. The summed E-state index contributed by atoms with van der Waals surface area (Å²) in [6.45, 7) is 10.2. The van der Waals surface area contributed by atoms with E-state index in [1.807, 2.05) is 33.9 Å². The summed E-state index contributed by atoms with van der Waals surface area (Å²) in [5, 5.41) is 11.3. The van der Waals surface area contributed by atoms with Crippen LogP contribution in [0.15, 0.2) is 21.7 Å². The quantitative estimate of drug-likeness (QED) is 0.391. The van der Waals surface area contributed by atoms with Gasteiger partial charge in [-0.05, 0) is 17.2 Å². The van der Waals surface area contributed by atoms with E-state index in [9.17, 15) is 13.2 Å². The summed E-state index contributed by atoms with van der Waals surface area (Å²) < 4.78 is 43.1. The van der Waals surface area contributed by atoms with Gasteiger partial charge in [-0.3, -0.25) is 0 Å². The smallest absolute Gasteiger partial charge is 0.440 e. The Morgan fingerprint density at radius 3 is 2.11 bits per heavy atom. The number of alkyl halides is 3. The maximum Gasteiger partial charge on any atom is 0.440 e. The second-order valence-electron chi connectivity index (χ2n) is 5.99. The molecule has 0 bridgehead atoms. The highest BCUT2D eigenvalue weighted by molar-refractivity contribution is 6.91. The SMILES string of the molecule is CC(C)(C)[Si](C)(C)c1ccc(/C(=N\O)C(F)(F)F)o1. The molecule has 19 heavy (non-hydrogen) atoms. The van der Waals surface area contributed by atoms with Crippen LogP contribution in [-0.2, 0) is 0 Å². The summed E-state index contributed by atoms with van der Waals surface area (Å²) in [4.78, 5) is 0. The minimum Gasteiger partial charge on any atom is -0.464 e. The van der Waals surface area contributed by atoms with Crippen LogP contribution >= 0.6 is 0 Å². The first-order valence-corrected chi connectivity index (χ1v) is 8.81. The van der Waals surface area contributed by atoms with E-state index in [4.69, 9.17) is 9.62 Å². The molecule has 0 amide bonds. The number of halogens is 3. The Balaban J connectivity index is 3.22. The van der Waals surface area contributed by atoms with Gasteiger partial charge in [-0.15, -0.1) is 0 Å². The van der Waals surface area contributed by atoms with E-state index < -0.39 is 25.7 Å². The van der Waals surface area contributed by atoms with Crippen molar-refractivity contribution in [1.29, 1.82) is 0 Å². The molecule has 0 aliphatic heterocycles. The zero-order valence-corrected chi connectivity index (χ0v) is 12.6. The Labute approximate surface area is 111 Å². The number of oxime groups is 1. The van der Waals surface area contributed by atoms with Crippen LogP contribution in [0.2, 0.25) is 18.1 Å². The van der Waals surface area contributed by atoms with E-state index in [0.717, 1.165) is 0 Å². The molecule has 0 saturated heterocycles. The highest BCUT2D eigenvalue weighted by Gasteiger charge is 2.43. The number of furan rings is 1. The maximum absolute atomic E-state index is 12.6. The summed E-state index contributed by atoms with van der Waals surface area (Å²) in [6, 6.07) is 2.75. The van der Waals surface area contributed by atoms with Crippen LogP contribution in [0.3, 0.4) is 0 Å². The van der Waals surface area contributed by atoms with Gasteiger partial charge < -0.3 is 9.62 Å².